The minimum absolute atomic E-state index is 0.0471. The molecule has 2 rings (SSSR count). The van der Waals surface area contributed by atoms with E-state index in [1.54, 1.807) is 18.3 Å². The van der Waals surface area contributed by atoms with Gasteiger partial charge in [0.15, 0.2) is 0 Å². The number of nitrogens with one attached hydrogen (secondary N) is 1. The van der Waals surface area contributed by atoms with Crippen molar-refractivity contribution in [2.24, 2.45) is 0 Å². The summed E-state index contributed by atoms with van der Waals surface area (Å²) in [5.74, 6) is 0.405. The fraction of sp³-hybridized carbons (Fsp3) is 0.571. The summed E-state index contributed by atoms with van der Waals surface area (Å²) in [7, 11) is 0. The van der Waals surface area contributed by atoms with Crippen LogP contribution in [-0.4, -0.2) is 36.8 Å². The Labute approximate surface area is 113 Å². The molecule has 1 unspecified atom stereocenters. The molecule has 1 N–H and O–H groups in total. The highest BCUT2D eigenvalue weighted by Gasteiger charge is 2.18. The molecule has 1 atom stereocenters. The molecular formula is C14H20N2O3. The summed E-state index contributed by atoms with van der Waals surface area (Å²) in [6, 6.07) is 3.37. The number of hydrogen-bond acceptors (Lipinski definition) is 4. The Kier molecular flexibility index (Phi) is 5.15. The number of carbonyl (C=O) groups is 1. The van der Waals surface area contributed by atoms with E-state index >= 15 is 0 Å². The molecule has 1 aliphatic rings. The zero-order chi connectivity index (χ0) is 13.5. The van der Waals surface area contributed by atoms with Gasteiger partial charge < -0.3 is 14.8 Å². The minimum Gasteiger partial charge on any atom is -0.472 e. The van der Waals surface area contributed by atoms with Crippen molar-refractivity contribution in [3.05, 3.63) is 23.9 Å². The molecule has 0 aliphatic carbocycles. The molecule has 1 aromatic heterocycles. The summed E-state index contributed by atoms with van der Waals surface area (Å²) >= 11 is 0. The van der Waals surface area contributed by atoms with Gasteiger partial charge in [-0.05, 0) is 12.5 Å². The van der Waals surface area contributed by atoms with Crippen LogP contribution in [-0.2, 0) is 4.74 Å². The van der Waals surface area contributed by atoms with Gasteiger partial charge in [-0.25, -0.2) is 4.98 Å². The first-order valence-electron chi connectivity index (χ1n) is 6.78. The fourth-order valence-corrected chi connectivity index (χ4v) is 1.87. The molecule has 1 saturated heterocycles. The number of nitrogens with zero attached hydrogens (tertiary/aromatic N) is 1. The smallest absolute Gasteiger partial charge is 0.251 e. The third-order valence-electron chi connectivity index (χ3n) is 2.99. The second kappa shape index (κ2) is 7.09. The second-order valence-corrected chi connectivity index (χ2v) is 4.60. The van der Waals surface area contributed by atoms with Gasteiger partial charge in [0.25, 0.3) is 5.91 Å². The molecule has 5 heteroatoms. The molecule has 19 heavy (non-hydrogen) atoms. The standard InChI is InChI=1S/C14H20N2O3/c1-2-3-6-16-14(17)11-4-7-15-13(9-11)19-12-5-8-18-10-12/h4,7,9,12H,2-3,5-6,8,10H2,1H3,(H,16,17). The highest BCUT2D eigenvalue weighted by atomic mass is 16.5. The molecule has 0 bridgehead atoms. The van der Waals surface area contributed by atoms with Gasteiger partial charge in [0.2, 0.25) is 5.88 Å². The van der Waals surface area contributed by atoms with Crippen molar-refractivity contribution in [2.45, 2.75) is 32.3 Å². The lowest BCUT2D eigenvalue weighted by atomic mass is 10.2. The number of amides is 1. The van der Waals surface area contributed by atoms with Crippen molar-refractivity contribution < 1.29 is 14.3 Å². The first-order chi connectivity index (χ1) is 9.29. The Bertz CT molecular complexity index is 417. The van der Waals surface area contributed by atoms with Crippen LogP contribution in [0.2, 0.25) is 0 Å². The van der Waals surface area contributed by atoms with E-state index in [9.17, 15) is 4.79 Å². The number of carbonyl (C=O) groups excluding carboxylic acids is 1. The van der Waals surface area contributed by atoms with Crippen LogP contribution >= 0.6 is 0 Å². The third-order valence-corrected chi connectivity index (χ3v) is 2.99. The fourth-order valence-electron chi connectivity index (χ4n) is 1.87. The van der Waals surface area contributed by atoms with Gasteiger partial charge >= 0.3 is 0 Å². The lowest BCUT2D eigenvalue weighted by molar-refractivity contribution is 0.0951. The van der Waals surface area contributed by atoms with Crippen molar-refractivity contribution in [1.29, 1.82) is 0 Å². The summed E-state index contributed by atoms with van der Waals surface area (Å²) in [4.78, 5) is 16.0. The summed E-state index contributed by atoms with van der Waals surface area (Å²) in [5, 5.41) is 2.87. The van der Waals surface area contributed by atoms with Crippen molar-refractivity contribution in [2.75, 3.05) is 19.8 Å². The topological polar surface area (TPSA) is 60.5 Å². The molecule has 1 fully saturated rings. The van der Waals surface area contributed by atoms with E-state index in [2.05, 4.69) is 17.2 Å². The van der Waals surface area contributed by atoms with Gasteiger partial charge in [0, 0.05) is 30.8 Å². The van der Waals surface area contributed by atoms with Gasteiger partial charge in [-0.3, -0.25) is 4.79 Å². The van der Waals surface area contributed by atoms with Gasteiger partial charge in [0.1, 0.15) is 6.10 Å². The largest absolute Gasteiger partial charge is 0.472 e. The SMILES string of the molecule is CCCCNC(=O)c1ccnc(OC2CCOC2)c1. The summed E-state index contributed by atoms with van der Waals surface area (Å²) < 4.78 is 10.9. The average Bonchev–Trinajstić information content (AvgIpc) is 2.92. The molecule has 0 aromatic carbocycles. The van der Waals surface area contributed by atoms with E-state index in [0.29, 0.717) is 24.6 Å². The van der Waals surface area contributed by atoms with Crippen LogP contribution in [0.5, 0.6) is 5.88 Å². The van der Waals surface area contributed by atoms with Crippen LogP contribution in [0, 0.1) is 0 Å². The lowest BCUT2D eigenvalue weighted by Gasteiger charge is -2.11. The van der Waals surface area contributed by atoms with E-state index in [1.165, 1.54) is 0 Å². The first-order valence-corrected chi connectivity index (χ1v) is 6.78. The highest BCUT2D eigenvalue weighted by Crippen LogP contribution is 2.15. The Morgan fingerprint density at radius 3 is 3.26 bits per heavy atom. The quantitative estimate of drug-likeness (QED) is 0.796. The van der Waals surface area contributed by atoms with E-state index in [1.807, 2.05) is 0 Å². The zero-order valence-corrected chi connectivity index (χ0v) is 11.2. The molecular weight excluding hydrogens is 244 g/mol. The molecule has 2 heterocycles. The zero-order valence-electron chi connectivity index (χ0n) is 11.2. The Morgan fingerprint density at radius 2 is 2.53 bits per heavy atom. The van der Waals surface area contributed by atoms with Crippen molar-refractivity contribution in [3.63, 3.8) is 0 Å². The molecule has 0 saturated carbocycles. The summed E-state index contributed by atoms with van der Waals surface area (Å²) in [5.41, 5.74) is 0.583. The van der Waals surface area contributed by atoms with E-state index in [0.717, 1.165) is 25.9 Å². The summed E-state index contributed by atoms with van der Waals surface area (Å²) in [6.45, 7) is 4.11. The number of ether oxygens (including phenoxy) is 2. The van der Waals surface area contributed by atoms with Crippen molar-refractivity contribution in [3.8, 4) is 5.88 Å². The number of rotatable bonds is 6. The maximum absolute atomic E-state index is 11.9. The molecule has 1 aromatic rings. The normalized spacial score (nSPS) is 18.3. The van der Waals surface area contributed by atoms with E-state index in [-0.39, 0.29) is 12.0 Å². The lowest BCUT2D eigenvalue weighted by Crippen LogP contribution is -2.24. The van der Waals surface area contributed by atoms with Crippen LogP contribution in [0.1, 0.15) is 36.5 Å². The molecule has 104 valence electrons. The monoisotopic (exact) mass is 264 g/mol. The predicted molar refractivity (Wildman–Crippen MR) is 71.3 cm³/mol. The highest BCUT2D eigenvalue weighted by molar-refractivity contribution is 5.94. The van der Waals surface area contributed by atoms with Crippen LogP contribution in [0.3, 0.4) is 0 Å². The Hall–Kier alpha value is -1.62. The van der Waals surface area contributed by atoms with E-state index < -0.39 is 0 Å². The van der Waals surface area contributed by atoms with Gasteiger partial charge in [0.05, 0.1) is 13.2 Å². The predicted octanol–water partition coefficient (Wildman–Crippen LogP) is 1.78. The van der Waals surface area contributed by atoms with Crippen LogP contribution in [0.4, 0.5) is 0 Å². The van der Waals surface area contributed by atoms with E-state index in [4.69, 9.17) is 9.47 Å². The first kappa shape index (κ1) is 13.8. The number of hydrogen-bond donors (Lipinski definition) is 1. The molecule has 1 amide bonds. The Morgan fingerprint density at radius 1 is 1.63 bits per heavy atom. The van der Waals surface area contributed by atoms with Gasteiger partial charge in [-0.15, -0.1) is 0 Å². The number of pyridine rings is 1. The minimum atomic E-state index is -0.0802. The Balaban J connectivity index is 1.91. The number of unbranched alkanes of at least 4 members (excludes halogenated alkanes) is 1. The maximum atomic E-state index is 11.9. The summed E-state index contributed by atoms with van der Waals surface area (Å²) in [6.07, 6.45) is 4.56. The number of aromatic nitrogens is 1. The second-order valence-electron chi connectivity index (χ2n) is 4.60. The molecule has 1 aliphatic heterocycles. The third kappa shape index (κ3) is 4.21. The van der Waals surface area contributed by atoms with Gasteiger partial charge in [-0.2, -0.15) is 0 Å². The van der Waals surface area contributed by atoms with Crippen LogP contribution in [0.15, 0.2) is 18.3 Å². The maximum Gasteiger partial charge on any atom is 0.251 e. The molecule has 0 radical (unpaired) electrons. The molecule has 0 spiro atoms. The van der Waals surface area contributed by atoms with Crippen molar-refractivity contribution in [1.82, 2.24) is 10.3 Å². The van der Waals surface area contributed by atoms with Gasteiger partial charge in [-0.1, -0.05) is 13.3 Å². The molecule has 5 nitrogen and oxygen atoms in total. The average molecular weight is 264 g/mol. The van der Waals surface area contributed by atoms with Crippen LogP contribution < -0.4 is 10.1 Å². The van der Waals surface area contributed by atoms with Crippen molar-refractivity contribution >= 4 is 5.91 Å². The van der Waals surface area contributed by atoms with Crippen LogP contribution in [0.25, 0.3) is 0 Å².